The second-order valence-electron chi connectivity index (χ2n) is 17.3. The number of amides is 1. The van der Waals surface area contributed by atoms with Gasteiger partial charge in [-0.2, -0.15) is 0 Å². The highest BCUT2D eigenvalue weighted by Gasteiger charge is 2.65. The quantitative estimate of drug-likeness (QED) is 0.0864. The van der Waals surface area contributed by atoms with E-state index in [1.807, 2.05) is 39.0 Å². The Labute approximate surface area is 343 Å². The molecule has 2 aromatic carbocycles. The predicted molar refractivity (Wildman–Crippen MR) is 219 cm³/mol. The molecule has 1 saturated carbocycles. The Hall–Kier alpha value is -3.97. The van der Waals surface area contributed by atoms with E-state index in [0.29, 0.717) is 42.2 Å². The molecule has 0 spiro atoms. The van der Waals surface area contributed by atoms with Crippen molar-refractivity contribution in [2.45, 2.75) is 116 Å². The lowest BCUT2D eigenvalue weighted by atomic mass is 9.55. The second kappa shape index (κ2) is 19.9. The Morgan fingerprint density at radius 1 is 1.09 bits per heavy atom. The standard InChI is InChI=1S/C46H63FN2O9/c1-6-24-56-46-40(49(5)44(52)55-30-45(2,3)4)28-38(48-58-41-19-11-14-25-53-41)35-26-31(15-9-12-22-50)34(17-10-13-23-51)42(43(35)46)36-27-33(20-21-39(36)57-46)54-29-32-16-7-8-18-37(32)47/h6-8,16,18,20-21,26-27,31,34,40-43,50-51H,1,9-15,17,19,22-25,28-30H2,2-5H3/t31-,34+,40-,41?,42+,43+,46+/m0/s1. The first-order valence-corrected chi connectivity index (χ1v) is 21.1. The average molecular weight is 807 g/mol. The zero-order chi connectivity index (χ0) is 41.3. The number of carbonyl (C=O) groups is 1. The van der Waals surface area contributed by atoms with E-state index in [1.54, 1.807) is 36.2 Å². The third kappa shape index (κ3) is 10.1. The molecule has 2 fully saturated rings. The molecule has 4 aliphatic rings. The fraction of sp³-hybridized carbons (Fsp3) is 0.609. The number of oxime groups is 1. The topological polar surface area (TPSA) is 129 Å². The minimum absolute atomic E-state index is 0.0379. The molecule has 0 aromatic heterocycles. The second-order valence-corrected chi connectivity index (χ2v) is 17.3. The fourth-order valence-corrected chi connectivity index (χ4v) is 9.02. The van der Waals surface area contributed by atoms with Crippen molar-refractivity contribution < 1.29 is 47.9 Å². The number of ether oxygens (including phenoxy) is 5. The van der Waals surface area contributed by atoms with E-state index >= 15 is 0 Å². The van der Waals surface area contributed by atoms with Crippen LogP contribution in [0.1, 0.15) is 102 Å². The van der Waals surface area contributed by atoms with Gasteiger partial charge in [-0.05, 0) is 85.6 Å². The van der Waals surface area contributed by atoms with Crippen molar-refractivity contribution in [2.75, 3.05) is 40.1 Å². The summed E-state index contributed by atoms with van der Waals surface area (Å²) in [5.41, 5.74) is 2.71. The first kappa shape index (κ1) is 43.6. The van der Waals surface area contributed by atoms with E-state index in [9.17, 15) is 19.4 Å². The van der Waals surface area contributed by atoms with Crippen LogP contribution >= 0.6 is 0 Å². The van der Waals surface area contributed by atoms with E-state index in [0.717, 1.165) is 56.1 Å². The third-order valence-electron chi connectivity index (χ3n) is 11.8. The number of benzene rings is 2. The van der Waals surface area contributed by atoms with Crippen LogP contribution in [-0.2, 0) is 25.7 Å². The first-order chi connectivity index (χ1) is 28.0. The number of aliphatic hydroxyl groups is 2. The molecule has 2 heterocycles. The van der Waals surface area contributed by atoms with Gasteiger partial charge in [0, 0.05) is 50.1 Å². The minimum Gasteiger partial charge on any atom is -0.489 e. The van der Waals surface area contributed by atoms with Gasteiger partial charge in [0.2, 0.25) is 12.1 Å². The summed E-state index contributed by atoms with van der Waals surface area (Å²) in [6, 6.07) is 11.6. The van der Waals surface area contributed by atoms with Gasteiger partial charge >= 0.3 is 6.09 Å². The lowest BCUT2D eigenvalue weighted by molar-refractivity contribution is -0.254. The van der Waals surface area contributed by atoms with Crippen LogP contribution in [0.3, 0.4) is 0 Å². The van der Waals surface area contributed by atoms with Crippen molar-refractivity contribution in [1.82, 2.24) is 4.90 Å². The maximum absolute atomic E-state index is 14.7. The Kier molecular flexibility index (Phi) is 14.9. The van der Waals surface area contributed by atoms with Gasteiger partial charge < -0.3 is 43.6 Å². The number of aliphatic hydroxyl groups excluding tert-OH is 2. The van der Waals surface area contributed by atoms with Crippen LogP contribution in [0, 0.1) is 29.0 Å². The lowest BCUT2D eigenvalue weighted by Crippen LogP contribution is -2.69. The van der Waals surface area contributed by atoms with Crippen molar-refractivity contribution in [3.05, 3.63) is 83.7 Å². The SMILES string of the molecule is C=CCO[C@@]12Oc3ccc(OCc4ccccc4F)cc3[C@H]3[C@H](CCCCO)[C@@H](CCCCO)C=C(C(=NOC4CCCCO4)C[C@@H]1N(C)C(=O)OCC(C)(C)C)[C@H]32. The number of nitrogens with zero attached hydrogens (tertiary/aromatic N) is 2. The Bertz CT molecular complexity index is 1750. The van der Waals surface area contributed by atoms with Gasteiger partial charge in [0.25, 0.3) is 0 Å². The molecule has 11 nitrogen and oxygen atoms in total. The van der Waals surface area contributed by atoms with Crippen LogP contribution < -0.4 is 9.47 Å². The summed E-state index contributed by atoms with van der Waals surface area (Å²) in [5.74, 6) is -1.20. The maximum Gasteiger partial charge on any atom is 0.410 e. The van der Waals surface area contributed by atoms with Gasteiger partial charge in [0.1, 0.15) is 30.0 Å². The summed E-state index contributed by atoms with van der Waals surface area (Å²) in [7, 11) is 1.72. The van der Waals surface area contributed by atoms with Gasteiger partial charge in [-0.25, -0.2) is 9.18 Å². The summed E-state index contributed by atoms with van der Waals surface area (Å²) in [5, 5.41) is 24.6. The first-order valence-electron chi connectivity index (χ1n) is 21.1. The monoisotopic (exact) mass is 806 g/mol. The molecule has 2 N–H and O–H groups in total. The molecule has 58 heavy (non-hydrogen) atoms. The predicted octanol–water partition coefficient (Wildman–Crippen LogP) is 8.68. The van der Waals surface area contributed by atoms with Crippen LogP contribution in [-0.4, -0.2) is 85.1 Å². The summed E-state index contributed by atoms with van der Waals surface area (Å²) in [4.78, 5) is 21.8. The molecule has 1 unspecified atom stereocenters. The number of hydrogen-bond donors (Lipinski definition) is 2. The molecule has 2 aliphatic carbocycles. The Balaban J connectivity index is 1.52. The van der Waals surface area contributed by atoms with Gasteiger partial charge in [0.05, 0.1) is 31.5 Å². The Morgan fingerprint density at radius 3 is 2.57 bits per heavy atom. The molecule has 1 amide bonds. The highest BCUT2D eigenvalue weighted by molar-refractivity contribution is 6.02. The van der Waals surface area contributed by atoms with E-state index in [2.05, 4.69) is 12.7 Å². The molecule has 1 saturated heterocycles. The van der Waals surface area contributed by atoms with Gasteiger partial charge in [-0.3, -0.25) is 0 Å². The third-order valence-corrected chi connectivity index (χ3v) is 11.8. The van der Waals surface area contributed by atoms with Crippen LogP contribution in [0.25, 0.3) is 0 Å². The molecule has 318 valence electrons. The number of halogens is 1. The zero-order valence-corrected chi connectivity index (χ0v) is 34.7. The van der Waals surface area contributed by atoms with Gasteiger partial charge in [0.15, 0.2) is 0 Å². The number of fused-ring (bicyclic) bond motifs is 2. The highest BCUT2D eigenvalue weighted by Crippen LogP contribution is 2.62. The van der Waals surface area contributed by atoms with E-state index < -0.39 is 30.1 Å². The number of hydrogen-bond acceptors (Lipinski definition) is 10. The van der Waals surface area contributed by atoms with Crippen molar-refractivity contribution in [3.8, 4) is 11.5 Å². The number of unbranched alkanes of at least 4 members (excludes halogenated alkanes) is 2. The van der Waals surface area contributed by atoms with Crippen LogP contribution in [0.15, 0.2) is 71.9 Å². The van der Waals surface area contributed by atoms with Gasteiger partial charge in [-0.15, -0.1) is 6.58 Å². The minimum atomic E-state index is -1.41. The van der Waals surface area contributed by atoms with E-state index in [1.165, 1.54) is 6.07 Å². The Morgan fingerprint density at radius 2 is 1.86 bits per heavy atom. The van der Waals surface area contributed by atoms with Crippen LogP contribution in [0.4, 0.5) is 9.18 Å². The summed E-state index contributed by atoms with van der Waals surface area (Å²) < 4.78 is 47.0. The number of rotatable bonds is 18. The molecule has 0 radical (unpaired) electrons. The summed E-state index contributed by atoms with van der Waals surface area (Å²) in [6.07, 6.45) is 10.4. The van der Waals surface area contributed by atoms with Crippen molar-refractivity contribution in [1.29, 1.82) is 0 Å². The fourth-order valence-electron chi connectivity index (χ4n) is 9.02. The zero-order valence-electron chi connectivity index (χ0n) is 34.7. The molecule has 2 aliphatic heterocycles. The van der Waals surface area contributed by atoms with Crippen molar-refractivity contribution in [2.24, 2.45) is 28.3 Å². The molecular weight excluding hydrogens is 744 g/mol. The molecule has 12 heteroatoms. The number of carbonyl (C=O) groups excluding carboxylic acids is 1. The van der Waals surface area contributed by atoms with Gasteiger partial charge in [-0.1, -0.05) is 69.1 Å². The lowest BCUT2D eigenvalue weighted by Gasteiger charge is -2.59. The molecule has 6 rings (SSSR count). The smallest absolute Gasteiger partial charge is 0.410 e. The average Bonchev–Trinajstić information content (AvgIpc) is 3.22. The highest BCUT2D eigenvalue weighted by atomic mass is 19.1. The van der Waals surface area contributed by atoms with E-state index in [-0.39, 0.29) is 68.4 Å². The normalized spacial score (nSPS) is 27.1. The molecular formula is C46H63FN2O9. The number of allylic oxidation sites excluding steroid dienone is 1. The summed E-state index contributed by atoms with van der Waals surface area (Å²) >= 11 is 0. The largest absolute Gasteiger partial charge is 0.489 e. The number of likely N-dealkylation sites (N-methyl/N-ethyl adjacent to an activating group) is 1. The molecule has 2 aromatic rings. The van der Waals surface area contributed by atoms with Crippen molar-refractivity contribution >= 4 is 11.8 Å². The summed E-state index contributed by atoms with van der Waals surface area (Å²) in [6.45, 7) is 11.2. The molecule has 7 atom stereocenters. The van der Waals surface area contributed by atoms with Crippen molar-refractivity contribution in [3.63, 3.8) is 0 Å². The van der Waals surface area contributed by atoms with Crippen LogP contribution in [0.5, 0.6) is 11.5 Å². The molecule has 0 bridgehead atoms. The maximum atomic E-state index is 14.7. The van der Waals surface area contributed by atoms with Crippen LogP contribution in [0.2, 0.25) is 0 Å². The van der Waals surface area contributed by atoms with E-state index in [4.69, 9.17) is 33.7 Å².